The second-order valence-corrected chi connectivity index (χ2v) is 7.51. The fraction of sp³-hybridized carbons (Fsp3) is 0.375. The predicted octanol–water partition coefficient (Wildman–Crippen LogP) is 3.47. The molecule has 1 saturated carbocycles. The van der Waals surface area contributed by atoms with E-state index >= 15 is 0 Å². The molecule has 0 saturated heterocycles. The van der Waals surface area contributed by atoms with Gasteiger partial charge in [-0.05, 0) is 17.7 Å². The first-order valence-corrected chi connectivity index (χ1v) is 9.04. The minimum absolute atomic E-state index is 0.0804. The van der Waals surface area contributed by atoms with Crippen LogP contribution in [0.15, 0.2) is 40.1 Å². The highest BCUT2D eigenvalue weighted by molar-refractivity contribution is 8.00. The van der Waals surface area contributed by atoms with Crippen molar-refractivity contribution in [1.82, 2.24) is 10.3 Å². The lowest BCUT2D eigenvalue weighted by Gasteiger charge is -2.03. The van der Waals surface area contributed by atoms with E-state index in [2.05, 4.69) is 41.5 Å². The van der Waals surface area contributed by atoms with Crippen LogP contribution in [0.1, 0.15) is 30.5 Å². The van der Waals surface area contributed by atoms with Gasteiger partial charge in [-0.2, -0.15) is 0 Å². The van der Waals surface area contributed by atoms with Crippen molar-refractivity contribution in [3.8, 4) is 0 Å². The summed E-state index contributed by atoms with van der Waals surface area (Å²) in [4.78, 5) is 16.5. The Labute approximate surface area is 133 Å². The number of rotatable bonds is 6. The van der Waals surface area contributed by atoms with Crippen LogP contribution in [0.3, 0.4) is 0 Å². The Balaban J connectivity index is 1.49. The summed E-state index contributed by atoms with van der Waals surface area (Å²) in [5.41, 5.74) is 2.20. The molecular weight excluding hydrogens is 300 g/mol. The molecule has 1 aromatic heterocycles. The number of hydrogen-bond donors (Lipinski definition) is 1. The highest BCUT2D eigenvalue weighted by atomic mass is 32.2. The van der Waals surface area contributed by atoms with Gasteiger partial charge in [0.05, 0.1) is 12.1 Å². The molecule has 5 heteroatoms. The Kier molecular flexibility index (Phi) is 4.60. The Morgan fingerprint density at radius 1 is 1.43 bits per heavy atom. The maximum Gasteiger partial charge on any atom is 0.226 e. The Bertz CT molecular complexity index is 612. The molecule has 0 radical (unpaired) electrons. The highest BCUT2D eigenvalue weighted by Crippen LogP contribution is 2.40. The van der Waals surface area contributed by atoms with Crippen LogP contribution in [-0.4, -0.2) is 22.7 Å². The molecule has 0 aliphatic heterocycles. The number of carbonyl (C=O) groups is 1. The third-order valence-electron chi connectivity index (χ3n) is 3.50. The summed E-state index contributed by atoms with van der Waals surface area (Å²) < 4.78 is 1.05. The van der Waals surface area contributed by atoms with Crippen LogP contribution >= 0.6 is 23.1 Å². The van der Waals surface area contributed by atoms with Crippen LogP contribution in [-0.2, 0) is 11.2 Å². The smallest absolute Gasteiger partial charge is 0.226 e. The molecule has 1 heterocycles. The number of hydrogen-bond acceptors (Lipinski definition) is 4. The molecule has 1 aliphatic carbocycles. The number of aromatic nitrogens is 1. The van der Waals surface area contributed by atoms with Crippen LogP contribution < -0.4 is 5.32 Å². The third kappa shape index (κ3) is 3.86. The lowest BCUT2D eigenvalue weighted by atomic mass is 10.1. The van der Waals surface area contributed by atoms with Gasteiger partial charge in [-0.3, -0.25) is 4.79 Å². The van der Waals surface area contributed by atoms with Gasteiger partial charge >= 0.3 is 0 Å². The van der Waals surface area contributed by atoms with Crippen molar-refractivity contribution in [2.24, 2.45) is 0 Å². The largest absolute Gasteiger partial charge is 0.352 e. The number of thiazole rings is 1. The zero-order valence-electron chi connectivity index (χ0n) is 11.9. The van der Waals surface area contributed by atoms with Crippen molar-refractivity contribution < 1.29 is 4.79 Å². The average molecular weight is 318 g/mol. The van der Waals surface area contributed by atoms with Crippen LogP contribution in [0.25, 0.3) is 0 Å². The molecule has 0 spiro atoms. The van der Waals surface area contributed by atoms with E-state index in [1.54, 1.807) is 23.1 Å². The molecule has 1 N–H and O–H groups in total. The number of thioether (sulfide) groups is 1. The van der Waals surface area contributed by atoms with Crippen LogP contribution in [0.2, 0.25) is 0 Å². The third-order valence-corrected chi connectivity index (χ3v) is 5.46. The number of benzene rings is 1. The van der Waals surface area contributed by atoms with E-state index in [1.165, 1.54) is 5.56 Å². The summed E-state index contributed by atoms with van der Waals surface area (Å²) in [5, 5.41) is 5.10. The van der Waals surface area contributed by atoms with Gasteiger partial charge in [-0.15, -0.1) is 11.3 Å². The lowest BCUT2D eigenvalue weighted by molar-refractivity contribution is -0.120. The summed E-state index contributed by atoms with van der Waals surface area (Å²) in [5.74, 6) is 1.58. The number of carbonyl (C=O) groups excluding carboxylic acids is 1. The molecule has 0 bridgehead atoms. The topological polar surface area (TPSA) is 42.0 Å². The zero-order valence-corrected chi connectivity index (χ0v) is 13.5. The second-order valence-electron chi connectivity index (χ2n) is 5.14. The molecule has 3 rings (SSSR count). The molecule has 1 aromatic carbocycles. The van der Waals surface area contributed by atoms with Crippen LogP contribution in [0.4, 0.5) is 0 Å². The minimum atomic E-state index is 0.0804. The lowest BCUT2D eigenvalue weighted by Crippen LogP contribution is -2.28. The van der Waals surface area contributed by atoms with Crippen molar-refractivity contribution in [2.45, 2.75) is 36.1 Å². The Morgan fingerprint density at radius 3 is 3.00 bits per heavy atom. The highest BCUT2D eigenvalue weighted by Gasteiger charge is 2.39. The fourth-order valence-corrected chi connectivity index (χ4v) is 4.15. The van der Waals surface area contributed by atoms with Crippen molar-refractivity contribution in [1.29, 1.82) is 0 Å². The van der Waals surface area contributed by atoms with Gasteiger partial charge in [-0.1, -0.05) is 49.0 Å². The quantitative estimate of drug-likeness (QED) is 0.829. The molecule has 0 unspecified atom stereocenters. The maximum absolute atomic E-state index is 12.1. The molecule has 110 valence electrons. The van der Waals surface area contributed by atoms with E-state index in [-0.39, 0.29) is 5.91 Å². The molecule has 1 amide bonds. The normalized spacial score (nSPS) is 20.2. The van der Waals surface area contributed by atoms with E-state index in [1.807, 2.05) is 11.4 Å². The van der Waals surface area contributed by atoms with Crippen LogP contribution in [0.5, 0.6) is 0 Å². The monoisotopic (exact) mass is 318 g/mol. The molecule has 2 aromatic rings. The zero-order chi connectivity index (χ0) is 14.7. The summed E-state index contributed by atoms with van der Waals surface area (Å²) in [7, 11) is 0. The van der Waals surface area contributed by atoms with E-state index < -0.39 is 0 Å². The van der Waals surface area contributed by atoms with E-state index in [0.29, 0.717) is 18.4 Å². The summed E-state index contributed by atoms with van der Waals surface area (Å²) in [6.45, 7) is 2.11. The first kappa shape index (κ1) is 14.6. The second kappa shape index (κ2) is 6.62. The van der Waals surface area contributed by atoms with E-state index in [9.17, 15) is 4.79 Å². The van der Waals surface area contributed by atoms with Gasteiger partial charge in [0.25, 0.3) is 0 Å². The molecule has 3 nitrogen and oxygen atoms in total. The summed E-state index contributed by atoms with van der Waals surface area (Å²) in [6, 6.07) is 10.7. The molecule has 1 fully saturated rings. The molecule has 2 atom stereocenters. The average Bonchev–Trinajstić information content (AvgIpc) is 3.11. The standard InChI is InChI=1S/C16H18N2OS2/c1-2-20-16-17-12(10-21-16)8-15(19)18-14-9-13(14)11-6-4-3-5-7-11/h3-7,10,13-14H,2,8-9H2,1H3,(H,18,19)/t13-,14+/m0/s1. The summed E-state index contributed by atoms with van der Waals surface area (Å²) in [6.07, 6.45) is 1.43. The molecular formula is C16H18N2OS2. The predicted molar refractivity (Wildman–Crippen MR) is 87.9 cm³/mol. The molecule has 21 heavy (non-hydrogen) atoms. The maximum atomic E-state index is 12.1. The fourth-order valence-electron chi connectivity index (χ4n) is 2.40. The van der Waals surface area contributed by atoms with Crippen LogP contribution in [0, 0.1) is 0 Å². The number of nitrogens with one attached hydrogen (secondary N) is 1. The SMILES string of the molecule is CCSc1nc(CC(=O)N[C@@H]2C[C@H]2c2ccccc2)cs1. The number of nitrogens with zero attached hydrogens (tertiary/aromatic N) is 1. The summed E-state index contributed by atoms with van der Waals surface area (Å²) >= 11 is 3.34. The minimum Gasteiger partial charge on any atom is -0.352 e. The van der Waals surface area contributed by atoms with Crippen molar-refractivity contribution in [3.63, 3.8) is 0 Å². The van der Waals surface area contributed by atoms with Crippen molar-refractivity contribution in [2.75, 3.05) is 5.75 Å². The molecule has 1 aliphatic rings. The van der Waals surface area contributed by atoms with Gasteiger partial charge in [0.1, 0.15) is 4.34 Å². The first-order valence-electron chi connectivity index (χ1n) is 7.17. The number of amides is 1. The van der Waals surface area contributed by atoms with Crippen molar-refractivity contribution in [3.05, 3.63) is 47.0 Å². The van der Waals surface area contributed by atoms with Gasteiger partial charge in [0.2, 0.25) is 5.91 Å². The van der Waals surface area contributed by atoms with Crippen molar-refractivity contribution >= 4 is 29.0 Å². The van der Waals surface area contributed by atoms with Gasteiger partial charge in [0.15, 0.2) is 0 Å². The van der Waals surface area contributed by atoms with Gasteiger partial charge < -0.3 is 5.32 Å². The van der Waals surface area contributed by atoms with Gasteiger partial charge in [0, 0.05) is 17.3 Å². The van der Waals surface area contributed by atoms with E-state index in [0.717, 1.165) is 22.2 Å². The Hall–Kier alpha value is -1.33. The van der Waals surface area contributed by atoms with Gasteiger partial charge in [-0.25, -0.2) is 4.98 Å². The first-order chi connectivity index (χ1) is 10.3. The Morgan fingerprint density at radius 2 is 2.24 bits per heavy atom. The van der Waals surface area contributed by atoms with E-state index in [4.69, 9.17) is 0 Å².